The zero-order chi connectivity index (χ0) is 4.99. The highest BCUT2D eigenvalue weighted by Crippen LogP contribution is 1.63. The molecule has 0 aliphatic rings. The third-order valence-electron chi connectivity index (χ3n) is 0.241. The normalized spacial score (nSPS) is 5.67. The zero-order valence-corrected chi connectivity index (χ0v) is 4.62. The van der Waals surface area contributed by atoms with Crippen LogP contribution in [0, 0.1) is 6.19 Å². The van der Waals surface area contributed by atoms with Gasteiger partial charge in [0.2, 0.25) is 0 Å². The average Bonchev–Trinajstić information content (AvgIpc) is 1.35. The molecule has 0 aliphatic heterocycles. The lowest BCUT2D eigenvalue weighted by Crippen LogP contribution is -1.99. The second kappa shape index (κ2) is 2.73. The lowest BCUT2D eigenvalue weighted by atomic mass is 11.0. The number of hydrogen-bond acceptors (Lipinski definition) is 2. The van der Waals surface area contributed by atoms with Crippen LogP contribution in [0.1, 0.15) is 0 Å². The summed E-state index contributed by atoms with van der Waals surface area (Å²) in [7, 11) is 3.63. The molecular weight excluding hydrogens is 96.1 g/mol. The minimum Gasteiger partial charge on any atom is -0.419 e. The quantitative estimate of drug-likeness (QED) is 0.247. The van der Waals surface area contributed by atoms with Crippen LogP contribution in [0.25, 0.3) is 4.25 Å². The fraction of sp³-hybridized carbons (Fsp3) is 0.667. The van der Waals surface area contributed by atoms with E-state index < -0.39 is 0 Å². The van der Waals surface area contributed by atoms with E-state index >= 15 is 0 Å². The van der Waals surface area contributed by atoms with Gasteiger partial charge >= 0.3 is 6.19 Å². The lowest BCUT2D eigenvalue weighted by molar-refractivity contribution is 0.597. The van der Waals surface area contributed by atoms with Gasteiger partial charge in [0.25, 0.3) is 0 Å². The van der Waals surface area contributed by atoms with Crippen molar-refractivity contribution in [2.45, 2.75) is 0 Å². The molecule has 0 spiro atoms. The van der Waals surface area contributed by atoms with Crippen LogP contribution >= 0.6 is 0 Å². The van der Waals surface area contributed by atoms with Crippen molar-refractivity contribution < 1.29 is 0 Å². The second-order valence-corrected chi connectivity index (χ2v) is 1.27. The Morgan fingerprint density at radius 1 is 1.67 bits per heavy atom. The van der Waals surface area contributed by atoms with Gasteiger partial charge in [0, 0.05) is 0 Å². The van der Waals surface area contributed by atoms with E-state index in [0.717, 1.165) is 0 Å². The van der Waals surface area contributed by atoms with Crippen molar-refractivity contribution >= 4 is 12.8 Å². The van der Waals surface area contributed by atoms with E-state index in [1.165, 1.54) is 0 Å². The number of rotatable bonds is 0. The maximum Gasteiger partial charge on any atom is 0.351 e. The third kappa shape index (κ3) is 3.51. The highest BCUT2D eigenvalue weighted by atomic mass is 32.1. The molecule has 0 aromatic heterocycles. The summed E-state index contributed by atoms with van der Waals surface area (Å²) in [5.41, 5.74) is 0. The fourth-order valence-electron chi connectivity index (χ4n) is 0.0816. The fourth-order valence-corrected chi connectivity index (χ4v) is 0.245. The smallest absolute Gasteiger partial charge is 0.351 e. The first kappa shape index (κ1) is 5.51. The molecule has 0 rings (SSSR count). The molecule has 0 bridgehead atoms. The van der Waals surface area contributed by atoms with Gasteiger partial charge in [-0.3, -0.25) is 0 Å². The van der Waals surface area contributed by atoms with E-state index in [2.05, 4.69) is 23.3 Å². The van der Waals surface area contributed by atoms with Gasteiger partial charge in [-0.2, -0.15) is 0 Å². The molecule has 0 radical (unpaired) electrons. The molecular formula is C3H6N2S. The maximum atomic E-state index is 4.20. The Bertz CT molecular complexity index is 78.5. The standard InChI is InChI=1S/C3H6N2S/c1-5(2)3-4-6/h1-2H3. The lowest BCUT2D eigenvalue weighted by Gasteiger charge is -1.83. The largest absolute Gasteiger partial charge is 0.419 e. The topological polar surface area (TPSA) is 7.60 Å². The Morgan fingerprint density at radius 2 is 2.17 bits per heavy atom. The van der Waals surface area contributed by atoms with Crippen LogP contribution < -0.4 is 0 Å². The van der Waals surface area contributed by atoms with Gasteiger partial charge < -0.3 is 17.1 Å². The minimum absolute atomic E-state index is 1.66. The summed E-state index contributed by atoms with van der Waals surface area (Å²) in [6.07, 6.45) is 2.48. The molecule has 0 N–H and O–H groups in total. The van der Waals surface area contributed by atoms with Crippen LogP contribution in [0.2, 0.25) is 0 Å². The molecule has 34 valence electrons. The molecule has 0 aromatic rings. The summed E-state index contributed by atoms with van der Waals surface area (Å²) < 4.78 is 3.19. The molecule has 0 aliphatic carbocycles. The van der Waals surface area contributed by atoms with Crippen molar-refractivity contribution in [1.82, 2.24) is 4.90 Å². The summed E-state index contributed by atoms with van der Waals surface area (Å²) >= 11 is 4.20. The van der Waals surface area contributed by atoms with Gasteiger partial charge in [0.1, 0.15) is 0 Å². The molecule has 0 heterocycles. The Labute approximate surface area is 43.1 Å². The second-order valence-electron chi connectivity index (χ2n) is 1.09. The van der Waals surface area contributed by atoms with Crippen molar-refractivity contribution in [3.8, 4) is 6.19 Å². The monoisotopic (exact) mass is 102 g/mol. The molecule has 0 aromatic carbocycles. The Balaban J connectivity index is 3.20. The van der Waals surface area contributed by atoms with Crippen molar-refractivity contribution in [3.05, 3.63) is 4.25 Å². The molecule has 0 saturated carbocycles. The van der Waals surface area contributed by atoms with Crippen molar-refractivity contribution in [3.63, 3.8) is 0 Å². The molecule has 0 amide bonds. The van der Waals surface area contributed by atoms with Crippen molar-refractivity contribution in [2.24, 2.45) is 0 Å². The Morgan fingerprint density at radius 3 is 2.17 bits per heavy atom. The van der Waals surface area contributed by atoms with E-state index in [0.29, 0.717) is 0 Å². The molecule has 0 fully saturated rings. The Kier molecular flexibility index (Phi) is 2.51. The molecule has 2 nitrogen and oxygen atoms in total. The summed E-state index contributed by atoms with van der Waals surface area (Å²) in [5, 5.41) is 0. The van der Waals surface area contributed by atoms with Crippen LogP contribution in [-0.4, -0.2) is 19.0 Å². The van der Waals surface area contributed by atoms with Crippen LogP contribution in [-0.2, 0) is 12.8 Å². The van der Waals surface area contributed by atoms with Crippen LogP contribution in [0.15, 0.2) is 0 Å². The zero-order valence-electron chi connectivity index (χ0n) is 3.80. The first-order valence-corrected chi connectivity index (χ1v) is 1.89. The van der Waals surface area contributed by atoms with Gasteiger partial charge in [-0.05, 0) is 0 Å². The summed E-state index contributed by atoms with van der Waals surface area (Å²) in [6, 6.07) is 0. The van der Waals surface area contributed by atoms with Gasteiger partial charge in [0.15, 0.2) is 0 Å². The molecule has 0 atom stereocenters. The highest BCUT2D eigenvalue weighted by molar-refractivity contribution is 7.61. The van der Waals surface area contributed by atoms with E-state index in [4.69, 9.17) is 0 Å². The van der Waals surface area contributed by atoms with Gasteiger partial charge in [-0.1, -0.05) is 0 Å². The predicted octanol–water partition coefficient (Wildman–Crippen LogP) is 0.300. The third-order valence-corrected chi connectivity index (χ3v) is 0.322. The SMILES string of the molecule is CN(C)C#[N+][S-]. The number of hydrogen-bond donors (Lipinski definition) is 0. The van der Waals surface area contributed by atoms with Crippen molar-refractivity contribution in [1.29, 1.82) is 0 Å². The molecule has 0 saturated heterocycles. The maximum absolute atomic E-state index is 4.20. The van der Waals surface area contributed by atoms with Crippen LogP contribution in [0.3, 0.4) is 0 Å². The highest BCUT2D eigenvalue weighted by Gasteiger charge is 1.78. The molecule has 6 heavy (non-hydrogen) atoms. The minimum atomic E-state index is 1.66. The van der Waals surface area contributed by atoms with E-state index in [1.54, 1.807) is 4.90 Å². The predicted molar refractivity (Wildman–Crippen MR) is 28.3 cm³/mol. The molecule has 3 heteroatoms. The summed E-state index contributed by atoms with van der Waals surface area (Å²) in [4.78, 5) is 1.66. The first-order valence-electron chi connectivity index (χ1n) is 1.52. The van der Waals surface area contributed by atoms with Crippen LogP contribution in [0.4, 0.5) is 0 Å². The van der Waals surface area contributed by atoms with Gasteiger partial charge in [-0.15, -0.1) is 0 Å². The number of nitrogens with zero attached hydrogens (tertiary/aromatic N) is 2. The Hall–Kier alpha value is -0.490. The van der Waals surface area contributed by atoms with E-state index in [1.807, 2.05) is 14.1 Å². The van der Waals surface area contributed by atoms with Gasteiger partial charge in [0.05, 0.1) is 14.1 Å². The van der Waals surface area contributed by atoms with Crippen LogP contribution in [0.5, 0.6) is 0 Å². The summed E-state index contributed by atoms with van der Waals surface area (Å²) in [6.45, 7) is 0. The van der Waals surface area contributed by atoms with Gasteiger partial charge in [-0.25, -0.2) is 4.90 Å². The van der Waals surface area contributed by atoms with Crippen molar-refractivity contribution in [2.75, 3.05) is 14.1 Å². The van der Waals surface area contributed by atoms with E-state index in [9.17, 15) is 0 Å². The van der Waals surface area contributed by atoms with E-state index in [-0.39, 0.29) is 0 Å². The summed E-state index contributed by atoms with van der Waals surface area (Å²) in [5.74, 6) is 0. The first-order chi connectivity index (χ1) is 2.77. The average molecular weight is 102 g/mol. The molecule has 0 unspecified atom stereocenters.